The lowest BCUT2D eigenvalue weighted by Crippen LogP contribution is -2.57. The topological polar surface area (TPSA) is 133 Å². The highest BCUT2D eigenvalue weighted by atomic mass is 16.6. The van der Waals surface area contributed by atoms with Crippen LogP contribution in [0.4, 0.5) is 0 Å². The highest BCUT2D eigenvalue weighted by Gasteiger charge is 2.82. The van der Waals surface area contributed by atoms with E-state index in [1.165, 1.54) is 13.8 Å². The van der Waals surface area contributed by atoms with Crippen molar-refractivity contribution in [2.75, 3.05) is 13.2 Å². The molecule has 0 saturated heterocycles. The predicted molar refractivity (Wildman–Crippen MR) is 211 cm³/mol. The van der Waals surface area contributed by atoms with Crippen LogP contribution in [-0.4, -0.2) is 53.9 Å². The van der Waals surface area contributed by atoms with E-state index in [1.54, 1.807) is 0 Å². The molecule has 0 amide bonds. The molecule has 2 aromatic carbocycles. The number of carbonyl (C=O) groups excluding carboxylic acids is 3. The van der Waals surface area contributed by atoms with Gasteiger partial charge < -0.3 is 19.4 Å². The fourth-order valence-corrected chi connectivity index (χ4v) is 12.4. The van der Waals surface area contributed by atoms with Crippen molar-refractivity contribution in [1.29, 1.82) is 0 Å². The number of carbonyl (C=O) groups is 3. The van der Waals surface area contributed by atoms with Crippen LogP contribution in [-0.2, 0) is 46.7 Å². The average molecular weight is 769 g/mol. The summed E-state index contributed by atoms with van der Waals surface area (Å²) in [6, 6.07) is 19.8. The third-order valence-electron chi connectivity index (χ3n) is 15.3. The van der Waals surface area contributed by atoms with Gasteiger partial charge in [-0.3, -0.25) is 19.2 Å². The summed E-state index contributed by atoms with van der Waals surface area (Å²) in [5.41, 5.74) is 5.38. The molecule has 10 heteroatoms. The van der Waals surface area contributed by atoms with Crippen molar-refractivity contribution >= 4 is 23.4 Å². The molecule has 12 atom stereocenters. The number of aliphatic hydroxyl groups excluding tert-OH is 1. The minimum Gasteiger partial charge on any atom is -0.462 e. The second kappa shape index (κ2) is 15.8. The average Bonchev–Trinajstić information content (AvgIpc) is 3.79. The second-order valence-corrected chi connectivity index (χ2v) is 18.0. The molecule has 2 N–H and O–H groups in total. The first-order chi connectivity index (χ1) is 26.8. The number of ketones is 1. The van der Waals surface area contributed by atoms with E-state index in [2.05, 4.69) is 43.6 Å². The Morgan fingerprint density at radius 1 is 0.929 bits per heavy atom. The molecule has 10 nitrogen and oxygen atoms in total. The van der Waals surface area contributed by atoms with Gasteiger partial charge in [-0.2, -0.15) is 0 Å². The number of nitrogens with one attached hydrogen (secondary N) is 1. The standard InChI is InChI=1S/C46H60N2O8/c1-29(25-49)35(24-47-53-26-33-13-9-7-10-14-33)41(52)42(56-32(4)51)40-38(55-31(3)50)23-44(6)39-18-17-36-30(2)37(48-54-27-34-15-11-8-12-16-34)19-20-45(36)28-46(39,45)22-21-43(40,44)5/h7-16,19-20,29-30,35-36,38-40,42,47,49H,17-18,21-28H2,1-6H3/b48-37+/t29-,30-,35?,36-,38-,39-,40?,42+,43+,44-,45+,46-/m0/s1. The van der Waals surface area contributed by atoms with Gasteiger partial charge >= 0.3 is 11.9 Å². The molecule has 302 valence electrons. The van der Waals surface area contributed by atoms with Crippen LogP contribution in [0.3, 0.4) is 0 Å². The minimum absolute atomic E-state index is 0.0608. The zero-order valence-electron chi connectivity index (χ0n) is 33.9. The van der Waals surface area contributed by atoms with E-state index < -0.39 is 47.3 Å². The number of ether oxygens (including phenoxy) is 2. The zero-order valence-corrected chi connectivity index (χ0v) is 33.9. The van der Waals surface area contributed by atoms with Crippen LogP contribution < -0.4 is 5.48 Å². The Kier molecular flexibility index (Phi) is 11.4. The smallest absolute Gasteiger partial charge is 0.303 e. The van der Waals surface area contributed by atoms with E-state index in [0.29, 0.717) is 31.5 Å². The van der Waals surface area contributed by atoms with Gasteiger partial charge in [-0.25, -0.2) is 5.48 Å². The van der Waals surface area contributed by atoms with Crippen LogP contribution in [0.15, 0.2) is 78.0 Å². The number of oxime groups is 1. The Balaban J connectivity index is 1.15. The molecule has 0 aliphatic heterocycles. The third-order valence-corrected chi connectivity index (χ3v) is 15.3. The summed E-state index contributed by atoms with van der Waals surface area (Å²) in [4.78, 5) is 52.2. The Morgan fingerprint density at radius 3 is 2.25 bits per heavy atom. The zero-order chi connectivity index (χ0) is 39.9. The van der Waals surface area contributed by atoms with Gasteiger partial charge in [-0.1, -0.05) is 99.6 Å². The van der Waals surface area contributed by atoms with Gasteiger partial charge in [0.2, 0.25) is 0 Å². The number of fused-ring (bicyclic) bond motifs is 2. The number of allylic oxidation sites excluding steroid dienone is 2. The van der Waals surface area contributed by atoms with Gasteiger partial charge in [0.1, 0.15) is 12.7 Å². The highest BCUT2D eigenvalue weighted by Crippen LogP contribution is 2.87. The molecule has 2 unspecified atom stereocenters. The van der Waals surface area contributed by atoms with Crippen LogP contribution in [0.5, 0.6) is 0 Å². The number of rotatable bonds is 15. The molecular weight excluding hydrogens is 709 g/mol. The Hall–Kier alpha value is -3.86. The number of nitrogens with zero attached hydrogens (tertiary/aromatic N) is 1. The van der Waals surface area contributed by atoms with E-state index in [0.717, 1.165) is 48.9 Å². The minimum atomic E-state index is -1.17. The van der Waals surface area contributed by atoms with Gasteiger partial charge in [-0.05, 0) is 95.1 Å². The van der Waals surface area contributed by atoms with E-state index >= 15 is 0 Å². The van der Waals surface area contributed by atoms with Gasteiger partial charge in [0, 0.05) is 44.8 Å². The SMILES string of the molecule is CC(=O)O[C@H]1C[C@@]2(C)[C@@H]3CC[C@H]4[C@H](C)/C(=N/OCc5ccccc5)C=C[C@@]45C[C@@]35CC[C@]2(C)C1[C@@H](OC(C)=O)C(=O)C(CNOCc1ccccc1)[C@@H](C)CO. The van der Waals surface area contributed by atoms with Gasteiger partial charge in [-0.15, -0.1) is 0 Å². The van der Waals surface area contributed by atoms with Crippen LogP contribution in [0.25, 0.3) is 0 Å². The molecule has 2 spiro atoms. The van der Waals surface area contributed by atoms with Crippen molar-refractivity contribution in [1.82, 2.24) is 5.48 Å². The van der Waals surface area contributed by atoms with Crippen LogP contribution in [0.1, 0.15) is 91.2 Å². The molecule has 56 heavy (non-hydrogen) atoms. The van der Waals surface area contributed by atoms with Gasteiger partial charge in [0.15, 0.2) is 11.9 Å². The number of Topliss-reactive ketones (excluding diaryl/α,β-unsaturated/α-hetero) is 1. The lowest BCUT2D eigenvalue weighted by molar-refractivity contribution is -0.176. The normalized spacial score (nSPS) is 36.2. The van der Waals surface area contributed by atoms with E-state index in [4.69, 9.17) is 19.1 Å². The largest absolute Gasteiger partial charge is 0.462 e. The summed E-state index contributed by atoms with van der Waals surface area (Å²) in [5.74, 6) is -1.98. The summed E-state index contributed by atoms with van der Waals surface area (Å²) in [5, 5.41) is 15.0. The Morgan fingerprint density at radius 2 is 1.61 bits per heavy atom. The molecule has 5 aliphatic rings. The van der Waals surface area contributed by atoms with Crippen LogP contribution in [0.2, 0.25) is 0 Å². The van der Waals surface area contributed by atoms with Crippen molar-refractivity contribution in [2.45, 2.75) is 105 Å². The van der Waals surface area contributed by atoms with Crippen molar-refractivity contribution in [3.8, 4) is 0 Å². The monoisotopic (exact) mass is 768 g/mol. The second-order valence-electron chi connectivity index (χ2n) is 18.0. The maximum atomic E-state index is 14.9. The number of benzene rings is 2. The van der Waals surface area contributed by atoms with Crippen molar-refractivity contribution in [3.05, 3.63) is 83.9 Å². The first kappa shape index (κ1) is 40.3. The number of hydrogen-bond acceptors (Lipinski definition) is 10. The predicted octanol–water partition coefficient (Wildman–Crippen LogP) is 7.39. The molecule has 0 heterocycles. The molecule has 0 bridgehead atoms. The summed E-state index contributed by atoms with van der Waals surface area (Å²) >= 11 is 0. The van der Waals surface area contributed by atoms with Crippen LogP contribution in [0, 0.1) is 57.2 Å². The Labute approximate surface area is 331 Å². The molecular formula is C46H60N2O8. The fraction of sp³-hybridized carbons (Fsp3) is 0.609. The Bertz CT molecular complexity index is 1820. The van der Waals surface area contributed by atoms with Crippen molar-refractivity contribution in [2.24, 2.45) is 62.3 Å². The molecule has 2 aromatic rings. The molecule has 4 fully saturated rings. The number of hydrogen-bond donors (Lipinski definition) is 2. The van der Waals surface area contributed by atoms with E-state index in [-0.39, 0.29) is 41.1 Å². The molecule has 0 aromatic heterocycles. The highest BCUT2D eigenvalue weighted by molar-refractivity contribution is 5.98. The van der Waals surface area contributed by atoms with Crippen molar-refractivity contribution < 1.29 is 38.6 Å². The lowest BCUT2D eigenvalue weighted by atomic mass is 9.43. The molecule has 5 aliphatic carbocycles. The lowest BCUT2D eigenvalue weighted by Gasteiger charge is -2.60. The van der Waals surface area contributed by atoms with E-state index in [1.807, 2.05) is 67.6 Å². The number of aliphatic hydroxyl groups is 1. The quantitative estimate of drug-likeness (QED) is 0.108. The third kappa shape index (κ3) is 6.93. The summed E-state index contributed by atoms with van der Waals surface area (Å²) in [6.07, 6.45) is 8.41. The summed E-state index contributed by atoms with van der Waals surface area (Å²) < 4.78 is 12.3. The van der Waals surface area contributed by atoms with Gasteiger partial charge in [0.25, 0.3) is 0 Å². The first-order valence-corrected chi connectivity index (χ1v) is 20.6. The van der Waals surface area contributed by atoms with Crippen LogP contribution >= 0.6 is 0 Å². The van der Waals surface area contributed by atoms with Gasteiger partial charge in [0.05, 0.1) is 12.3 Å². The maximum Gasteiger partial charge on any atom is 0.303 e. The number of hydroxylamine groups is 1. The fourth-order valence-electron chi connectivity index (χ4n) is 12.4. The summed E-state index contributed by atoms with van der Waals surface area (Å²) in [6.45, 7) is 12.1. The molecule has 4 saturated carbocycles. The van der Waals surface area contributed by atoms with Crippen molar-refractivity contribution in [3.63, 3.8) is 0 Å². The maximum absolute atomic E-state index is 14.9. The molecule has 7 rings (SSSR count). The van der Waals surface area contributed by atoms with E-state index in [9.17, 15) is 19.5 Å². The first-order valence-electron chi connectivity index (χ1n) is 20.6. The molecule has 0 radical (unpaired) electrons. The number of esters is 2. The summed E-state index contributed by atoms with van der Waals surface area (Å²) in [7, 11) is 0.